The zero-order chi connectivity index (χ0) is 18.8. The van der Waals surface area contributed by atoms with Crippen molar-refractivity contribution in [1.29, 1.82) is 0 Å². The van der Waals surface area contributed by atoms with Crippen LogP contribution in [-0.2, 0) is 14.4 Å². The molecule has 1 aliphatic carbocycles. The Morgan fingerprint density at radius 2 is 1.78 bits per heavy atom. The molecule has 144 valence electrons. The van der Waals surface area contributed by atoms with Crippen LogP contribution in [-0.4, -0.2) is 53.5 Å². The highest BCUT2D eigenvalue weighted by molar-refractivity contribution is 8.01. The molecule has 0 radical (unpaired) electrons. The summed E-state index contributed by atoms with van der Waals surface area (Å²) in [7, 11) is 0. The van der Waals surface area contributed by atoms with E-state index in [1.165, 1.54) is 16.7 Å². The average molecular weight is 388 g/mol. The van der Waals surface area contributed by atoms with Crippen LogP contribution in [0.15, 0.2) is 29.2 Å². The quantitative estimate of drug-likeness (QED) is 0.804. The number of nitrogens with zero attached hydrogens (tertiary/aromatic N) is 2. The van der Waals surface area contributed by atoms with Crippen molar-refractivity contribution >= 4 is 35.2 Å². The standard InChI is InChI=1S/C20H25N3O3S/c24-17(21-14-9-10-14)13-23-15-7-3-4-8-16(15)27-18(20(23)26)19(25)22-11-5-1-2-6-12-22/h3-4,7-8,14,18H,1-2,5-6,9-13H2,(H,21,24)/t18-/m1/s1. The van der Waals surface area contributed by atoms with Crippen molar-refractivity contribution in [1.82, 2.24) is 10.2 Å². The lowest BCUT2D eigenvalue weighted by atomic mass is 10.2. The van der Waals surface area contributed by atoms with Gasteiger partial charge in [-0.2, -0.15) is 0 Å². The summed E-state index contributed by atoms with van der Waals surface area (Å²) in [6.45, 7) is 1.40. The van der Waals surface area contributed by atoms with Gasteiger partial charge in [0, 0.05) is 24.0 Å². The molecular formula is C20H25N3O3S. The van der Waals surface area contributed by atoms with Crippen molar-refractivity contribution in [2.45, 2.75) is 54.7 Å². The Morgan fingerprint density at radius 3 is 2.48 bits per heavy atom. The number of likely N-dealkylation sites (tertiary alicyclic amines) is 1. The molecule has 2 fully saturated rings. The number of carbonyl (C=O) groups is 3. The van der Waals surface area contributed by atoms with Crippen molar-refractivity contribution in [3.63, 3.8) is 0 Å². The third-order valence-corrected chi connectivity index (χ3v) is 6.52. The minimum atomic E-state index is -0.799. The predicted molar refractivity (Wildman–Crippen MR) is 105 cm³/mol. The predicted octanol–water partition coefficient (Wildman–Crippen LogP) is 2.18. The summed E-state index contributed by atoms with van der Waals surface area (Å²) in [4.78, 5) is 42.8. The second-order valence-corrected chi connectivity index (χ2v) is 8.62. The summed E-state index contributed by atoms with van der Waals surface area (Å²) in [6.07, 6.45) is 6.24. The molecule has 1 saturated carbocycles. The molecule has 3 aliphatic rings. The number of anilines is 1. The highest BCUT2D eigenvalue weighted by atomic mass is 32.2. The van der Waals surface area contributed by atoms with E-state index in [9.17, 15) is 14.4 Å². The van der Waals surface area contributed by atoms with Gasteiger partial charge in [-0.25, -0.2) is 0 Å². The van der Waals surface area contributed by atoms with Crippen molar-refractivity contribution in [2.75, 3.05) is 24.5 Å². The van der Waals surface area contributed by atoms with Crippen LogP contribution in [0.2, 0.25) is 0 Å². The number of hydrogen-bond acceptors (Lipinski definition) is 4. The van der Waals surface area contributed by atoms with E-state index in [-0.39, 0.29) is 30.3 Å². The summed E-state index contributed by atoms with van der Waals surface area (Å²) in [5.74, 6) is -0.554. The minimum absolute atomic E-state index is 0.0311. The third-order valence-electron chi connectivity index (χ3n) is 5.28. The molecule has 0 aromatic heterocycles. The van der Waals surface area contributed by atoms with Crippen LogP contribution in [0, 0.1) is 0 Å². The van der Waals surface area contributed by atoms with Crippen molar-refractivity contribution in [3.8, 4) is 0 Å². The number of amides is 3. The maximum Gasteiger partial charge on any atom is 0.250 e. The molecule has 7 heteroatoms. The summed E-state index contributed by atoms with van der Waals surface area (Å²) in [5.41, 5.74) is 0.721. The first-order valence-electron chi connectivity index (χ1n) is 9.79. The summed E-state index contributed by atoms with van der Waals surface area (Å²) in [5, 5.41) is 2.13. The fraction of sp³-hybridized carbons (Fsp3) is 0.550. The molecule has 6 nitrogen and oxygen atoms in total. The van der Waals surface area contributed by atoms with E-state index in [4.69, 9.17) is 0 Å². The van der Waals surface area contributed by atoms with Gasteiger partial charge in [0.25, 0.3) is 5.91 Å². The first-order chi connectivity index (χ1) is 13.1. The Morgan fingerprint density at radius 1 is 1.07 bits per heavy atom. The van der Waals surface area contributed by atoms with E-state index in [0.29, 0.717) is 13.1 Å². The van der Waals surface area contributed by atoms with Gasteiger partial charge in [0.1, 0.15) is 6.54 Å². The van der Waals surface area contributed by atoms with Crippen molar-refractivity contribution in [3.05, 3.63) is 24.3 Å². The number of carbonyl (C=O) groups excluding carboxylic acids is 3. The monoisotopic (exact) mass is 387 g/mol. The fourth-order valence-corrected chi connectivity index (χ4v) is 4.83. The van der Waals surface area contributed by atoms with Gasteiger partial charge >= 0.3 is 0 Å². The molecule has 1 atom stereocenters. The number of hydrogen-bond donors (Lipinski definition) is 1. The molecule has 2 aliphatic heterocycles. The number of nitrogens with one attached hydrogen (secondary N) is 1. The number of para-hydroxylation sites is 1. The number of benzene rings is 1. The van der Waals surface area contributed by atoms with E-state index in [2.05, 4.69) is 5.32 Å². The lowest BCUT2D eigenvalue weighted by molar-refractivity contribution is -0.135. The van der Waals surface area contributed by atoms with Crippen LogP contribution in [0.25, 0.3) is 0 Å². The molecule has 2 heterocycles. The molecule has 1 saturated heterocycles. The number of rotatable bonds is 4. The second kappa shape index (κ2) is 7.92. The summed E-state index contributed by atoms with van der Waals surface area (Å²) in [6, 6.07) is 7.77. The number of thioether (sulfide) groups is 1. The van der Waals surface area contributed by atoms with Crippen LogP contribution in [0.5, 0.6) is 0 Å². The maximum atomic E-state index is 13.2. The van der Waals surface area contributed by atoms with Crippen LogP contribution >= 0.6 is 11.8 Å². The van der Waals surface area contributed by atoms with Gasteiger partial charge in [0.05, 0.1) is 5.69 Å². The Hall–Kier alpha value is -2.02. The van der Waals surface area contributed by atoms with Gasteiger partial charge in [-0.3, -0.25) is 14.4 Å². The molecule has 4 rings (SSSR count). The molecule has 1 aromatic rings. The summed E-state index contributed by atoms with van der Waals surface area (Å²) >= 11 is 1.32. The molecular weight excluding hydrogens is 362 g/mol. The Kier molecular flexibility index (Phi) is 5.38. The smallest absolute Gasteiger partial charge is 0.250 e. The fourth-order valence-electron chi connectivity index (χ4n) is 3.64. The summed E-state index contributed by atoms with van der Waals surface area (Å²) < 4.78 is 0. The van der Waals surface area contributed by atoms with E-state index >= 15 is 0 Å². The van der Waals surface area contributed by atoms with Gasteiger partial charge in [-0.1, -0.05) is 25.0 Å². The van der Waals surface area contributed by atoms with Crippen LogP contribution in [0.4, 0.5) is 5.69 Å². The highest BCUT2D eigenvalue weighted by Crippen LogP contribution is 2.39. The van der Waals surface area contributed by atoms with Crippen LogP contribution < -0.4 is 10.2 Å². The Labute approximate surface area is 163 Å². The number of fused-ring (bicyclic) bond motifs is 1. The first kappa shape index (κ1) is 18.3. The normalized spacial score (nSPS) is 22.8. The first-order valence-corrected chi connectivity index (χ1v) is 10.7. The lowest BCUT2D eigenvalue weighted by Gasteiger charge is -2.34. The zero-order valence-corrected chi connectivity index (χ0v) is 16.2. The Bertz CT molecular complexity index is 742. The molecule has 27 heavy (non-hydrogen) atoms. The highest BCUT2D eigenvalue weighted by Gasteiger charge is 2.41. The van der Waals surface area contributed by atoms with Crippen LogP contribution in [0.3, 0.4) is 0 Å². The zero-order valence-electron chi connectivity index (χ0n) is 15.4. The molecule has 0 spiro atoms. The maximum absolute atomic E-state index is 13.2. The Balaban J connectivity index is 1.55. The molecule has 0 bridgehead atoms. The van der Waals surface area contributed by atoms with E-state index in [1.54, 1.807) is 0 Å². The molecule has 1 N–H and O–H groups in total. The van der Waals surface area contributed by atoms with Gasteiger partial charge in [0.15, 0.2) is 5.25 Å². The van der Waals surface area contributed by atoms with Gasteiger partial charge in [0.2, 0.25) is 11.8 Å². The van der Waals surface area contributed by atoms with E-state index in [0.717, 1.165) is 49.1 Å². The lowest BCUT2D eigenvalue weighted by Crippen LogP contribution is -2.52. The molecule has 1 aromatic carbocycles. The molecule has 3 amide bonds. The van der Waals surface area contributed by atoms with Crippen molar-refractivity contribution in [2.24, 2.45) is 0 Å². The van der Waals surface area contributed by atoms with E-state index in [1.807, 2.05) is 29.2 Å². The van der Waals surface area contributed by atoms with E-state index < -0.39 is 5.25 Å². The van der Waals surface area contributed by atoms with Crippen LogP contribution in [0.1, 0.15) is 38.5 Å². The minimum Gasteiger partial charge on any atom is -0.352 e. The topological polar surface area (TPSA) is 69.7 Å². The second-order valence-electron chi connectivity index (χ2n) is 7.47. The van der Waals surface area contributed by atoms with Gasteiger partial charge in [-0.15, -0.1) is 11.8 Å². The average Bonchev–Trinajstić information content (AvgIpc) is 3.50. The molecule has 0 unspecified atom stereocenters. The largest absolute Gasteiger partial charge is 0.352 e. The van der Waals surface area contributed by atoms with Gasteiger partial charge < -0.3 is 15.1 Å². The van der Waals surface area contributed by atoms with Crippen molar-refractivity contribution < 1.29 is 14.4 Å². The SMILES string of the molecule is O=C(CN1C(=O)[C@@H](C(=O)N2CCCCCC2)Sc2ccccc21)NC1CC1. The van der Waals surface area contributed by atoms with Gasteiger partial charge in [-0.05, 0) is 37.8 Å². The third kappa shape index (κ3) is 4.13.